The highest BCUT2D eigenvalue weighted by molar-refractivity contribution is 8.13. The molecule has 0 atom stereocenters. The van der Waals surface area contributed by atoms with E-state index in [-0.39, 0.29) is 5.16 Å². The molecule has 0 aliphatic carbocycles. The van der Waals surface area contributed by atoms with E-state index in [0.717, 1.165) is 0 Å². The van der Waals surface area contributed by atoms with E-state index in [1.807, 2.05) is 0 Å². The van der Waals surface area contributed by atoms with E-state index in [1.54, 1.807) is 36.2 Å². The van der Waals surface area contributed by atoms with Crippen LogP contribution < -0.4 is 0 Å². The monoisotopic (exact) mass is 312 g/mol. The predicted octanol–water partition coefficient (Wildman–Crippen LogP) is 0.935. The van der Waals surface area contributed by atoms with Crippen molar-refractivity contribution in [3.63, 3.8) is 0 Å². The first-order valence-corrected chi connectivity index (χ1v) is 7.99. The van der Waals surface area contributed by atoms with Crippen molar-refractivity contribution < 1.29 is 8.42 Å². The first-order valence-electron chi connectivity index (χ1n) is 5.68. The smallest absolute Gasteiger partial charge is 0.296 e. The van der Waals surface area contributed by atoms with Crippen molar-refractivity contribution >= 4 is 25.2 Å². The first-order chi connectivity index (χ1) is 9.52. The van der Waals surface area contributed by atoms with Crippen molar-refractivity contribution in [3.8, 4) is 11.4 Å². The van der Waals surface area contributed by atoms with Gasteiger partial charge in [-0.3, -0.25) is 9.55 Å². The Morgan fingerprint density at radius 1 is 1.30 bits per heavy atom. The summed E-state index contributed by atoms with van der Waals surface area (Å²) in [5, 5.41) is 11.4. The van der Waals surface area contributed by atoms with Gasteiger partial charge in [0.15, 0.2) is 5.82 Å². The molecular weight excluding hydrogens is 304 g/mol. The normalized spacial score (nSPS) is 12.1. The van der Waals surface area contributed by atoms with E-state index in [9.17, 15) is 8.42 Å². The Labute approximate surface area is 118 Å². The Morgan fingerprint density at radius 2 is 2.10 bits per heavy atom. The second-order valence-electron chi connectivity index (χ2n) is 3.95. The largest absolute Gasteiger partial charge is 0.297 e. The summed E-state index contributed by atoms with van der Waals surface area (Å²) in [6.45, 7) is 2.14. The highest BCUT2D eigenvalue weighted by atomic mass is 35.7. The van der Waals surface area contributed by atoms with Crippen molar-refractivity contribution in [1.82, 2.24) is 29.4 Å². The van der Waals surface area contributed by atoms with Crippen LogP contribution in [0, 0.1) is 0 Å². The van der Waals surface area contributed by atoms with E-state index < -0.39 is 9.05 Å². The van der Waals surface area contributed by atoms with Crippen molar-refractivity contribution in [2.45, 2.75) is 18.6 Å². The van der Waals surface area contributed by atoms with Crippen LogP contribution in [0.25, 0.3) is 16.9 Å². The van der Waals surface area contributed by atoms with Gasteiger partial charge in [0.1, 0.15) is 0 Å². The maximum atomic E-state index is 11.5. The van der Waals surface area contributed by atoms with E-state index in [0.29, 0.717) is 23.4 Å². The molecular formula is C10H9ClN6O2S. The molecule has 104 valence electrons. The third kappa shape index (κ3) is 1.95. The van der Waals surface area contributed by atoms with Crippen molar-refractivity contribution in [2.24, 2.45) is 0 Å². The van der Waals surface area contributed by atoms with E-state index in [1.165, 1.54) is 4.57 Å². The van der Waals surface area contributed by atoms with Gasteiger partial charge in [-0.05, 0) is 6.92 Å². The topological polar surface area (TPSA) is 95.0 Å². The number of aromatic nitrogens is 6. The molecule has 0 aromatic carbocycles. The predicted molar refractivity (Wildman–Crippen MR) is 70.7 cm³/mol. The average Bonchev–Trinajstić information content (AvgIpc) is 3.00. The maximum absolute atomic E-state index is 11.5. The van der Waals surface area contributed by atoms with Gasteiger partial charge in [-0.25, -0.2) is 12.9 Å². The van der Waals surface area contributed by atoms with Gasteiger partial charge in [-0.1, -0.05) is 0 Å². The summed E-state index contributed by atoms with van der Waals surface area (Å²) in [5.74, 6) is 0.384. The highest BCUT2D eigenvalue weighted by Crippen LogP contribution is 2.25. The van der Waals surface area contributed by atoms with Crippen LogP contribution in [0.4, 0.5) is 0 Å². The Morgan fingerprint density at radius 3 is 2.80 bits per heavy atom. The minimum Gasteiger partial charge on any atom is -0.297 e. The zero-order valence-corrected chi connectivity index (χ0v) is 11.9. The summed E-state index contributed by atoms with van der Waals surface area (Å²) in [4.78, 5) is 4.02. The van der Waals surface area contributed by atoms with Crippen LogP contribution in [-0.4, -0.2) is 37.8 Å². The lowest BCUT2D eigenvalue weighted by molar-refractivity contribution is 0.583. The SMILES string of the molecule is CCn1c(-c2cnn3ccncc23)nnc1S(=O)(=O)Cl. The molecule has 3 aromatic rings. The summed E-state index contributed by atoms with van der Waals surface area (Å²) in [6, 6.07) is 0. The summed E-state index contributed by atoms with van der Waals surface area (Å²) in [7, 11) is 1.40. The Hall–Kier alpha value is -2.00. The zero-order chi connectivity index (χ0) is 14.3. The van der Waals surface area contributed by atoms with Gasteiger partial charge < -0.3 is 0 Å². The molecule has 3 rings (SSSR count). The lowest BCUT2D eigenvalue weighted by Crippen LogP contribution is -2.06. The number of nitrogens with zero attached hydrogens (tertiary/aromatic N) is 6. The van der Waals surface area contributed by atoms with Crippen LogP contribution in [0.5, 0.6) is 0 Å². The number of hydrogen-bond donors (Lipinski definition) is 0. The Bertz CT molecular complexity index is 884. The molecule has 0 spiro atoms. The molecule has 0 saturated carbocycles. The molecule has 3 aromatic heterocycles. The first kappa shape index (κ1) is 13.0. The van der Waals surface area contributed by atoms with E-state index in [2.05, 4.69) is 20.3 Å². The molecule has 0 radical (unpaired) electrons. The van der Waals surface area contributed by atoms with Crippen LogP contribution in [0.3, 0.4) is 0 Å². The fraction of sp³-hybridized carbons (Fsp3) is 0.200. The Balaban J connectivity index is 2.28. The fourth-order valence-corrected chi connectivity index (χ4v) is 2.92. The molecule has 8 nitrogen and oxygen atoms in total. The summed E-state index contributed by atoms with van der Waals surface area (Å²) in [6.07, 6.45) is 6.48. The molecule has 20 heavy (non-hydrogen) atoms. The van der Waals surface area contributed by atoms with E-state index >= 15 is 0 Å². The summed E-state index contributed by atoms with van der Waals surface area (Å²) < 4.78 is 26.0. The number of hydrogen-bond acceptors (Lipinski definition) is 6. The number of rotatable bonds is 3. The maximum Gasteiger partial charge on any atom is 0.296 e. The third-order valence-corrected chi connectivity index (χ3v) is 3.97. The highest BCUT2D eigenvalue weighted by Gasteiger charge is 2.23. The second kappa shape index (κ2) is 4.53. The van der Waals surface area contributed by atoms with Gasteiger partial charge in [0, 0.05) is 29.6 Å². The third-order valence-electron chi connectivity index (χ3n) is 2.82. The molecule has 10 heteroatoms. The van der Waals surface area contributed by atoms with Crippen molar-refractivity contribution in [3.05, 3.63) is 24.8 Å². The lowest BCUT2D eigenvalue weighted by Gasteiger charge is -2.04. The molecule has 0 aliphatic heterocycles. The quantitative estimate of drug-likeness (QED) is 0.668. The number of halogens is 1. The molecule has 0 fully saturated rings. The van der Waals surface area contributed by atoms with Gasteiger partial charge >= 0.3 is 0 Å². The molecule has 0 aliphatic rings. The van der Waals surface area contributed by atoms with Crippen LogP contribution in [0.2, 0.25) is 0 Å². The molecule has 0 saturated heterocycles. The molecule has 0 unspecified atom stereocenters. The van der Waals surface area contributed by atoms with Gasteiger partial charge in [0.2, 0.25) is 0 Å². The Kier molecular flexibility index (Phi) is 2.94. The minimum absolute atomic E-state index is 0.278. The van der Waals surface area contributed by atoms with Gasteiger partial charge in [0.05, 0.1) is 23.5 Å². The van der Waals surface area contributed by atoms with Crippen molar-refractivity contribution in [2.75, 3.05) is 0 Å². The average molecular weight is 313 g/mol. The van der Waals surface area contributed by atoms with Crippen LogP contribution >= 0.6 is 10.7 Å². The second-order valence-corrected chi connectivity index (χ2v) is 6.41. The van der Waals surface area contributed by atoms with Crippen LogP contribution in [-0.2, 0) is 15.6 Å². The zero-order valence-electron chi connectivity index (χ0n) is 10.3. The van der Waals surface area contributed by atoms with Gasteiger partial charge in [-0.15, -0.1) is 10.2 Å². The van der Waals surface area contributed by atoms with Gasteiger partial charge in [-0.2, -0.15) is 5.10 Å². The minimum atomic E-state index is -3.95. The molecule has 3 heterocycles. The fourth-order valence-electron chi connectivity index (χ4n) is 1.96. The van der Waals surface area contributed by atoms with Gasteiger partial charge in [0.25, 0.3) is 14.2 Å². The summed E-state index contributed by atoms with van der Waals surface area (Å²) in [5.41, 5.74) is 1.34. The van der Waals surface area contributed by atoms with E-state index in [4.69, 9.17) is 10.7 Å². The molecule has 0 amide bonds. The number of fused-ring (bicyclic) bond motifs is 1. The van der Waals surface area contributed by atoms with Crippen LogP contribution in [0.1, 0.15) is 6.92 Å². The lowest BCUT2D eigenvalue weighted by atomic mass is 10.3. The standard InChI is InChI=1S/C10H9ClN6O2S/c1-2-16-9(14-15-10(16)20(11,18)19)7-5-13-17-4-3-12-6-8(7)17/h3-6H,2H2,1H3. The molecule has 0 bridgehead atoms. The molecule has 0 N–H and O–H groups in total. The van der Waals surface area contributed by atoms with Crippen molar-refractivity contribution in [1.29, 1.82) is 0 Å². The summed E-state index contributed by atoms with van der Waals surface area (Å²) >= 11 is 0. The van der Waals surface area contributed by atoms with Crippen LogP contribution in [0.15, 0.2) is 29.9 Å².